The first kappa shape index (κ1) is 19.5. The van der Waals surface area contributed by atoms with Gasteiger partial charge in [-0.3, -0.25) is 9.59 Å². The van der Waals surface area contributed by atoms with E-state index in [-0.39, 0.29) is 11.7 Å². The minimum atomic E-state index is -0.465. The fourth-order valence-electron chi connectivity index (χ4n) is 2.29. The molecule has 0 radical (unpaired) electrons. The number of carbonyl (C=O) groups is 2. The Morgan fingerprint density at radius 3 is 2.18 bits per heavy atom. The molecule has 142 valence electrons. The van der Waals surface area contributed by atoms with E-state index in [1.165, 1.54) is 30.3 Å². The Kier molecular flexibility index (Phi) is 6.00. The highest BCUT2D eigenvalue weighted by Crippen LogP contribution is 2.14. The number of carbonyl (C=O) groups excluding carboxylic acids is 2. The molecular weight excluding hydrogens is 429 g/mol. The van der Waals surface area contributed by atoms with Crippen LogP contribution in [0.3, 0.4) is 0 Å². The van der Waals surface area contributed by atoms with Gasteiger partial charge in [-0.2, -0.15) is 5.10 Å². The first-order valence-corrected chi connectivity index (χ1v) is 8.99. The van der Waals surface area contributed by atoms with Crippen LogP contribution in [0.1, 0.15) is 33.4 Å². The highest BCUT2D eigenvalue weighted by atomic mass is 79.9. The number of hydrogen-bond acceptors (Lipinski definition) is 4. The summed E-state index contributed by atoms with van der Waals surface area (Å²) in [6.07, 6.45) is 0. The van der Waals surface area contributed by atoms with Crippen molar-refractivity contribution in [3.05, 3.63) is 88.0 Å². The molecule has 0 aliphatic carbocycles. The molecule has 2 N–H and O–H groups in total. The zero-order valence-electron chi connectivity index (χ0n) is 14.7. The maximum absolute atomic E-state index is 12.9. The van der Waals surface area contributed by atoms with E-state index in [1.54, 1.807) is 37.3 Å². The van der Waals surface area contributed by atoms with Crippen LogP contribution in [0.25, 0.3) is 0 Å². The summed E-state index contributed by atoms with van der Waals surface area (Å²) >= 11 is 3.13. The molecule has 0 fully saturated rings. The molecule has 2 aromatic carbocycles. The lowest BCUT2D eigenvalue weighted by Gasteiger charge is -2.07. The molecule has 0 saturated heterocycles. The standard InChI is InChI=1S/C20H15BrFN3O3/c1-12(24-25-20(27)17-10-11-18(21)28-17)13-4-8-16(9-5-13)23-19(26)14-2-6-15(22)7-3-14/h2-11H,1H3,(H,23,26)(H,25,27)/b24-12+. The van der Waals surface area contributed by atoms with Crippen molar-refractivity contribution in [2.24, 2.45) is 5.10 Å². The zero-order valence-corrected chi connectivity index (χ0v) is 16.3. The van der Waals surface area contributed by atoms with Crippen LogP contribution < -0.4 is 10.7 Å². The lowest BCUT2D eigenvalue weighted by atomic mass is 10.1. The van der Waals surface area contributed by atoms with E-state index >= 15 is 0 Å². The molecule has 2 amide bonds. The topological polar surface area (TPSA) is 83.7 Å². The number of hydrogen-bond donors (Lipinski definition) is 2. The van der Waals surface area contributed by atoms with Crippen molar-refractivity contribution in [2.45, 2.75) is 6.92 Å². The molecule has 0 saturated carbocycles. The van der Waals surface area contributed by atoms with Crippen molar-refractivity contribution in [1.29, 1.82) is 0 Å². The number of nitrogens with one attached hydrogen (secondary N) is 2. The average molecular weight is 444 g/mol. The Balaban J connectivity index is 1.62. The summed E-state index contributed by atoms with van der Waals surface area (Å²) in [5.41, 5.74) is 4.70. The molecule has 0 spiro atoms. The number of benzene rings is 2. The summed E-state index contributed by atoms with van der Waals surface area (Å²) < 4.78 is 18.5. The van der Waals surface area contributed by atoms with Crippen LogP contribution in [0.2, 0.25) is 0 Å². The first-order valence-electron chi connectivity index (χ1n) is 8.20. The van der Waals surface area contributed by atoms with Gasteiger partial charge in [-0.1, -0.05) is 12.1 Å². The third kappa shape index (κ3) is 4.92. The molecule has 0 aliphatic rings. The normalized spacial score (nSPS) is 11.2. The van der Waals surface area contributed by atoms with Gasteiger partial charge in [-0.05, 0) is 76.9 Å². The molecule has 0 aliphatic heterocycles. The summed E-state index contributed by atoms with van der Waals surface area (Å²) in [7, 11) is 0. The smallest absolute Gasteiger partial charge is 0.307 e. The summed E-state index contributed by atoms with van der Waals surface area (Å²) in [6.45, 7) is 1.74. The van der Waals surface area contributed by atoms with Crippen LogP contribution >= 0.6 is 15.9 Å². The Labute approximate surface area is 168 Å². The fourth-order valence-corrected chi connectivity index (χ4v) is 2.60. The van der Waals surface area contributed by atoms with Crippen LogP contribution in [0, 0.1) is 5.82 Å². The minimum absolute atomic E-state index is 0.141. The maximum Gasteiger partial charge on any atom is 0.307 e. The molecule has 1 aromatic heterocycles. The van der Waals surface area contributed by atoms with Crippen molar-refractivity contribution >= 4 is 39.1 Å². The predicted molar refractivity (Wildman–Crippen MR) is 107 cm³/mol. The second-order valence-electron chi connectivity index (χ2n) is 5.78. The zero-order chi connectivity index (χ0) is 20.1. The van der Waals surface area contributed by atoms with Gasteiger partial charge in [0.1, 0.15) is 5.82 Å². The van der Waals surface area contributed by atoms with E-state index < -0.39 is 11.7 Å². The largest absolute Gasteiger partial charge is 0.444 e. The third-order valence-corrected chi connectivity index (χ3v) is 4.22. The van der Waals surface area contributed by atoms with Gasteiger partial charge in [0.05, 0.1) is 5.71 Å². The van der Waals surface area contributed by atoms with Crippen LogP contribution in [0.5, 0.6) is 0 Å². The molecular formula is C20H15BrFN3O3. The van der Waals surface area contributed by atoms with Crippen molar-refractivity contribution in [3.63, 3.8) is 0 Å². The van der Waals surface area contributed by atoms with Crippen molar-refractivity contribution in [1.82, 2.24) is 5.43 Å². The van der Waals surface area contributed by atoms with Gasteiger partial charge < -0.3 is 9.73 Å². The lowest BCUT2D eigenvalue weighted by molar-refractivity contribution is 0.0925. The monoisotopic (exact) mass is 443 g/mol. The second-order valence-corrected chi connectivity index (χ2v) is 6.56. The van der Waals surface area contributed by atoms with E-state index in [1.807, 2.05) is 0 Å². The van der Waals surface area contributed by atoms with Gasteiger partial charge in [0.25, 0.3) is 5.91 Å². The molecule has 6 nitrogen and oxygen atoms in total. The highest BCUT2D eigenvalue weighted by Gasteiger charge is 2.10. The number of anilines is 1. The maximum atomic E-state index is 12.9. The van der Waals surface area contributed by atoms with E-state index in [0.29, 0.717) is 21.6 Å². The summed E-state index contributed by atoms with van der Waals surface area (Å²) in [6, 6.07) is 15.4. The number of furan rings is 1. The molecule has 3 rings (SSSR count). The molecule has 3 aromatic rings. The van der Waals surface area contributed by atoms with Gasteiger partial charge in [-0.15, -0.1) is 0 Å². The van der Waals surface area contributed by atoms with Crippen LogP contribution in [0.4, 0.5) is 10.1 Å². The van der Waals surface area contributed by atoms with Crippen molar-refractivity contribution in [2.75, 3.05) is 5.32 Å². The minimum Gasteiger partial charge on any atom is -0.444 e. The SMILES string of the molecule is C/C(=N\NC(=O)c1ccc(Br)o1)c1ccc(NC(=O)c2ccc(F)cc2)cc1. The van der Waals surface area contributed by atoms with Crippen LogP contribution in [0.15, 0.2) is 74.9 Å². The van der Waals surface area contributed by atoms with Gasteiger partial charge in [-0.25, -0.2) is 9.82 Å². The summed E-state index contributed by atoms with van der Waals surface area (Å²) in [4.78, 5) is 24.1. The Bertz CT molecular complexity index is 1030. The van der Waals surface area contributed by atoms with Crippen molar-refractivity contribution < 1.29 is 18.4 Å². The number of amides is 2. The molecule has 28 heavy (non-hydrogen) atoms. The summed E-state index contributed by atoms with van der Waals surface area (Å²) in [5, 5.41) is 6.78. The van der Waals surface area contributed by atoms with Crippen molar-refractivity contribution in [3.8, 4) is 0 Å². The molecule has 1 heterocycles. The summed E-state index contributed by atoms with van der Waals surface area (Å²) in [5.74, 6) is -1.06. The number of nitrogens with zero attached hydrogens (tertiary/aromatic N) is 1. The lowest BCUT2D eigenvalue weighted by Crippen LogP contribution is -2.18. The van der Waals surface area contributed by atoms with Crippen LogP contribution in [-0.2, 0) is 0 Å². The molecule has 8 heteroatoms. The van der Waals surface area contributed by atoms with Gasteiger partial charge in [0.15, 0.2) is 10.4 Å². The van der Waals surface area contributed by atoms with E-state index in [0.717, 1.165) is 5.56 Å². The predicted octanol–water partition coefficient (Wildman–Crippen LogP) is 4.59. The Morgan fingerprint density at radius 2 is 1.57 bits per heavy atom. The molecule has 0 atom stereocenters. The van der Waals surface area contributed by atoms with Gasteiger partial charge in [0, 0.05) is 11.3 Å². The highest BCUT2D eigenvalue weighted by molar-refractivity contribution is 9.10. The molecule has 0 bridgehead atoms. The quantitative estimate of drug-likeness (QED) is 0.446. The number of halogens is 2. The van der Waals surface area contributed by atoms with Gasteiger partial charge in [0.2, 0.25) is 0 Å². The second kappa shape index (κ2) is 8.62. The molecule has 0 unspecified atom stereocenters. The Hall–Kier alpha value is -3.26. The Morgan fingerprint density at radius 1 is 0.929 bits per heavy atom. The van der Waals surface area contributed by atoms with Gasteiger partial charge >= 0.3 is 5.91 Å². The van der Waals surface area contributed by atoms with Crippen LogP contribution in [-0.4, -0.2) is 17.5 Å². The number of rotatable bonds is 5. The number of hydrazone groups is 1. The van der Waals surface area contributed by atoms with E-state index in [9.17, 15) is 14.0 Å². The third-order valence-electron chi connectivity index (χ3n) is 3.79. The van der Waals surface area contributed by atoms with E-state index in [4.69, 9.17) is 4.42 Å². The average Bonchev–Trinajstić information content (AvgIpc) is 3.13. The first-order chi connectivity index (χ1) is 13.4. The van der Waals surface area contributed by atoms with E-state index in [2.05, 4.69) is 31.8 Å². The fraction of sp³-hybridized carbons (Fsp3) is 0.0500.